The van der Waals surface area contributed by atoms with Crippen molar-refractivity contribution in [2.45, 2.75) is 33.9 Å². The van der Waals surface area contributed by atoms with Gasteiger partial charge in [-0.3, -0.25) is 0 Å². The van der Waals surface area contributed by atoms with E-state index >= 15 is 0 Å². The largest absolute Gasteiger partial charge is 0.310 e. The van der Waals surface area contributed by atoms with Gasteiger partial charge in [0.2, 0.25) is 0 Å². The Balaban J connectivity index is 2.36. The average Bonchev–Trinajstić information content (AvgIpc) is 2.51. The van der Waals surface area contributed by atoms with Gasteiger partial charge in [0.05, 0.1) is 6.54 Å². The molecule has 1 heterocycles. The van der Waals surface area contributed by atoms with Crippen LogP contribution in [0.15, 0.2) is 6.33 Å². The molecule has 1 aromatic heterocycles. The summed E-state index contributed by atoms with van der Waals surface area (Å²) in [7, 11) is 0. The van der Waals surface area contributed by atoms with Crippen LogP contribution in [0.1, 0.15) is 26.6 Å². The van der Waals surface area contributed by atoms with Crippen LogP contribution < -0.4 is 5.32 Å². The minimum absolute atomic E-state index is 0.679. The maximum atomic E-state index is 4.17. The number of nitrogens with zero attached hydrogens (tertiary/aromatic N) is 3. The second-order valence-electron chi connectivity index (χ2n) is 3.52. The van der Waals surface area contributed by atoms with Crippen molar-refractivity contribution < 1.29 is 0 Å². The van der Waals surface area contributed by atoms with Gasteiger partial charge >= 0.3 is 0 Å². The van der Waals surface area contributed by atoms with Crippen molar-refractivity contribution in [2.75, 3.05) is 6.54 Å². The summed E-state index contributed by atoms with van der Waals surface area (Å²) >= 11 is 0. The SMILES string of the molecule is CCn1ncnc1CNCC(C)C. The number of hydrogen-bond acceptors (Lipinski definition) is 3. The Morgan fingerprint density at radius 2 is 2.31 bits per heavy atom. The van der Waals surface area contributed by atoms with E-state index in [9.17, 15) is 0 Å². The lowest BCUT2D eigenvalue weighted by atomic mass is 10.2. The van der Waals surface area contributed by atoms with Gasteiger partial charge in [-0.1, -0.05) is 13.8 Å². The highest BCUT2D eigenvalue weighted by Gasteiger charge is 2.01. The molecular weight excluding hydrogens is 164 g/mol. The van der Waals surface area contributed by atoms with Crippen molar-refractivity contribution in [3.05, 3.63) is 12.2 Å². The fraction of sp³-hybridized carbons (Fsp3) is 0.778. The van der Waals surface area contributed by atoms with Crippen molar-refractivity contribution in [3.63, 3.8) is 0 Å². The summed E-state index contributed by atoms with van der Waals surface area (Å²) in [6, 6.07) is 0. The number of aromatic nitrogens is 3. The van der Waals surface area contributed by atoms with Crippen LogP contribution in [0, 0.1) is 5.92 Å². The fourth-order valence-corrected chi connectivity index (χ4v) is 1.16. The topological polar surface area (TPSA) is 42.7 Å². The summed E-state index contributed by atoms with van der Waals surface area (Å²) < 4.78 is 1.91. The molecular formula is C9H18N4. The predicted octanol–water partition coefficient (Wildman–Crippen LogP) is 1.04. The van der Waals surface area contributed by atoms with E-state index in [0.717, 1.165) is 25.5 Å². The third kappa shape index (κ3) is 3.14. The zero-order valence-corrected chi connectivity index (χ0v) is 8.62. The van der Waals surface area contributed by atoms with Gasteiger partial charge in [0.15, 0.2) is 0 Å². The van der Waals surface area contributed by atoms with Crippen molar-refractivity contribution in [3.8, 4) is 0 Å². The van der Waals surface area contributed by atoms with Gasteiger partial charge in [-0.2, -0.15) is 5.10 Å². The third-order valence-electron chi connectivity index (χ3n) is 1.83. The molecule has 0 spiro atoms. The van der Waals surface area contributed by atoms with Gasteiger partial charge in [-0.25, -0.2) is 9.67 Å². The molecule has 0 aliphatic carbocycles. The average molecular weight is 182 g/mol. The fourth-order valence-electron chi connectivity index (χ4n) is 1.16. The van der Waals surface area contributed by atoms with Crippen LogP contribution in [0.25, 0.3) is 0 Å². The maximum Gasteiger partial charge on any atom is 0.140 e. The quantitative estimate of drug-likeness (QED) is 0.740. The molecule has 0 aromatic carbocycles. The minimum atomic E-state index is 0.679. The molecule has 0 radical (unpaired) electrons. The van der Waals surface area contributed by atoms with Gasteiger partial charge in [-0.05, 0) is 19.4 Å². The summed E-state index contributed by atoms with van der Waals surface area (Å²) in [5.41, 5.74) is 0. The highest BCUT2D eigenvalue weighted by atomic mass is 15.3. The second-order valence-corrected chi connectivity index (χ2v) is 3.52. The number of nitrogens with one attached hydrogen (secondary N) is 1. The highest BCUT2D eigenvalue weighted by Crippen LogP contribution is 1.94. The van der Waals surface area contributed by atoms with Gasteiger partial charge < -0.3 is 5.32 Å². The molecule has 4 heteroatoms. The predicted molar refractivity (Wildman–Crippen MR) is 52.2 cm³/mol. The molecule has 4 nitrogen and oxygen atoms in total. The van der Waals surface area contributed by atoms with Gasteiger partial charge in [0.25, 0.3) is 0 Å². The van der Waals surface area contributed by atoms with Crippen LogP contribution in [0.2, 0.25) is 0 Å². The summed E-state index contributed by atoms with van der Waals surface area (Å²) in [5.74, 6) is 1.70. The van der Waals surface area contributed by atoms with Crippen LogP contribution in [0.3, 0.4) is 0 Å². The van der Waals surface area contributed by atoms with Crippen molar-refractivity contribution in [1.82, 2.24) is 20.1 Å². The third-order valence-corrected chi connectivity index (χ3v) is 1.83. The van der Waals surface area contributed by atoms with E-state index in [1.165, 1.54) is 0 Å². The highest BCUT2D eigenvalue weighted by molar-refractivity contribution is 4.83. The Kier molecular flexibility index (Phi) is 3.89. The summed E-state index contributed by atoms with van der Waals surface area (Å²) in [5, 5.41) is 7.44. The Labute approximate surface area is 79.4 Å². The zero-order chi connectivity index (χ0) is 9.68. The van der Waals surface area contributed by atoms with Gasteiger partial charge in [0, 0.05) is 6.54 Å². The molecule has 0 unspecified atom stereocenters. The molecule has 0 amide bonds. The molecule has 74 valence electrons. The summed E-state index contributed by atoms with van der Waals surface area (Å²) in [4.78, 5) is 4.17. The van der Waals surface area contributed by atoms with Crippen LogP contribution in [0.4, 0.5) is 0 Å². The normalized spacial score (nSPS) is 11.1. The monoisotopic (exact) mass is 182 g/mol. The lowest BCUT2D eigenvalue weighted by Crippen LogP contribution is -2.21. The van der Waals surface area contributed by atoms with Crippen LogP contribution in [0.5, 0.6) is 0 Å². The molecule has 0 atom stereocenters. The summed E-state index contributed by atoms with van der Waals surface area (Å²) in [6.45, 7) is 9.18. The Bertz CT molecular complexity index is 242. The van der Waals surface area contributed by atoms with Crippen molar-refractivity contribution >= 4 is 0 Å². The van der Waals surface area contributed by atoms with Crippen LogP contribution >= 0.6 is 0 Å². The maximum absolute atomic E-state index is 4.17. The van der Waals surface area contributed by atoms with Crippen LogP contribution in [-0.2, 0) is 13.1 Å². The lowest BCUT2D eigenvalue weighted by molar-refractivity contribution is 0.519. The standard InChI is InChI=1S/C9H18N4/c1-4-13-9(11-7-12-13)6-10-5-8(2)3/h7-8,10H,4-6H2,1-3H3. The van der Waals surface area contributed by atoms with E-state index in [1.807, 2.05) is 4.68 Å². The smallest absolute Gasteiger partial charge is 0.140 e. The second kappa shape index (κ2) is 4.97. The lowest BCUT2D eigenvalue weighted by Gasteiger charge is -2.07. The molecule has 0 aliphatic heterocycles. The molecule has 0 fully saturated rings. The van der Waals surface area contributed by atoms with Crippen molar-refractivity contribution in [2.24, 2.45) is 5.92 Å². The first kappa shape index (κ1) is 10.2. The van der Waals surface area contributed by atoms with E-state index in [1.54, 1.807) is 6.33 Å². The molecule has 1 N–H and O–H groups in total. The van der Waals surface area contributed by atoms with E-state index in [0.29, 0.717) is 5.92 Å². The number of aryl methyl sites for hydroxylation is 1. The van der Waals surface area contributed by atoms with E-state index in [2.05, 4.69) is 36.2 Å². The summed E-state index contributed by atoms with van der Waals surface area (Å²) in [6.07, 6.45) is 1.61. The van der Waals surface area contributed by atoms with Gasteiger partial charge in [-0.15, -0.1) is 0 Å². The molecule has 1 rings (SSSR count). The zero-order valence-electron chi connectivity index (χ0n) is 8.62. The van der Waals surface area contributed by atoms with Gasteiger partial charge in [0.1, 0.15) is 12.2 Å². The first-order chi connectivity index (χ1) is 6.24. The number of hydrogen-bond donors (Lipinski definition) is 1. The number of rotatable bonds is 5. The van der Waals surface area contributed by atoms with E-state index in [4.69, 9.17) is 0 Å². The van der Waals surface area contributed by atoms with E-state index in [-0.39, 0.29) is 0 Å². The molecule has 0 saturated carbocycles. The Morgan fingerprint density at radius 1 is 1.54 bits per heavy atom. The molecule has 0 aliphatic rings. The minimum Gasteiger partial charge on any atom is -0.310 e. The van der Waals surface area contributed by atoms with Crippen LogP contribution in [-0.4, -0.2) is 21.3 Å². The Hall–Kier alpha value is -0.900. The first-order valence-electron chi connectivity index (χ1n) is 4.81. The first-order valence-corrected chi connectivity index (χ1v) is 4.81. The molecule has 0 bridgehead atoms. The molecule has 0 saturated heterocycles. The van der Waals surface area contributed by atoms with Crippen molar-refractivity contribution in [1.29, 1.82) is 0 Å². The Morgan fingerprint density at radius 3 is 2.92 bits per heavy atom. The molecule has 1 aromatic rings. The molecule has 13 heavy (non-hydrogen) atoms. The van der Waals surface area contributed by atoms with E-state index < -0.39 is 0 Å².